The first kappa shape index (κ1) is 15.0. The molecule has 104 valence electrons. The van der Waals surface area contributed by atoms with E-state index in [1.807, 2.05) is 0 Å². The van der Waals surface area contributed by atoms with E-state index in [1.165, 1.54) is 38.5 Å². The first-order valence-electron chi connectivity index (χ1n) is 7.05. The van der Waals surface area contributed by atoms with Gasteiger partial charge in [-0.15, -0.1) is 0 Å². The Hall–Kier alpha value is -1.06. The number of carbonyl (C=O) groups excluding carboxylic acids is 2. The van der Waals surface area contributed by atoms with Crippen LogP contribution in [0.4, 0.5) is 0 Å². The largest absolute Gasteiger partial charge is 0.465 e. The summed E-state index contributed by atoms with van der Waals surface area (Å²) in [7, 11) is 0. The van der Waals surface area contributed by atoms with Gasteiger partial charge in [-0.1, -0.05) is 12.8 Å². The summed E-state index contributed by atoms with van der Waals surface area (Å²) < 4.78 is 9.60. The molecule has 0 spiro atoms. The van der Waals surface area contributed by atoms with Crippen LogP contribution in [0, 0.1) is 0 Å². The molecule has 0 aromatic rings. The maximum absolute atomic E-state index is 9.85. The number of ether oxygens (including phenoxy) is 2. The molecule has 0 aromatic carbocycles. The number of carbonyl (C=O) groups is 2. The highest BCUT2D eigenvalue weighted by Gasteiger charge is 2.13. The van der Waals surface area contributed by atoms with Crippen molar-refractivity contribution < 1.29 is 19.1 Å². The molecule has 2 saturated carbocycles. The minimum Gasteiger partial charge on any atom is -0.465 e. The van der Waals surface area contributed by atoms with E-state index in [9.17, 15) is 9.59 Å². The minimum atomic E-state index is 0.233. The predicted molar refractivity (Wildman–Crippen MR) is 68.0 cm³/mol. The first-order valence-corrected chi connectivity index (χ1v) is 7.05. The van der Waals surface area contributed by atoms with Crippen molar-refractivity contribution in [2.24, 2.45) is 0 Å². The Kier molecular flexibility index (Phi) is 8.26. The van der Waals surface area contributed by atoms with Crippen molar-refractivity contribution in [3.63, 3.8) is 0 Å². The smallest absolute Gasteiger partial charge is 0.293 e. The number of hydrogen-bond acceptors (Lipinski definition) is 4. The van der Waals surface area contributed by atoms with Gasteiger partial charge in [0.05, 0.1) is 0 Å². The Morgan fingerprint density at radius 2 is 0.944 bits per heavy atom. The number of hydrogen-bond donors (Lipinski definition) is 0. The van der Waals surface area contributed by atoms with Crippen LogP contribution in [-0.2, 0) is 19.1 Å². The molecular weight excluding hydrogens is 232 g/mol. The minimum absolute atomic E-state index is 0.233. The van der Waals surface area contributed by atoms with Gasteiger partial charge < -0.3 is 9.47 Å². The molecule has 0 aliphatic heterocycles. The second-order valence-corrected chi connectivity index (χ2v) is 4.98. The van der Waals surface area contributed by atoms with Crippen molar-refractivity contribution in [3.05, 3.63) is 0 Å². The maximum Gasteiger partial charge on any atom is 0.293 e. The standard InChI is InChI=1S/2C7H12O2/c2*8-6-9-7-4-2-1-3-5-7/h2*6-7H,1-5H2. The molecule has 2 fully saturated rings. The van der Waals surface area contributed by atoms with E-state index in [2.05, 4.69) is 0 Å². The molecule has 0 heterocycles. The summed E-state index contributed by atoms with van der Waals surface area (Å²) in [5, 5.41) is 0. The van der Waals surface area contributed by atoms with Crippen LogP contribution in [0.1, 0.15) is 64.2 Å². The molecule has 4 nitrogen and oxygen atoms in total. The third-order valence-corrected chi connectivity index (χ3v) is 3.60. The van der Waals surface area contributed by atoms with E-state index in [-0.39, 0.29) is 12.2 Å². The molecule has 0 amide bonds. The molecule has 0 saturated heterocycles. The second-order valence-electron chi connectivity index (χ2n) is 4.98. The Bertz CT molecular complexity index is 194. The van der Waals surface area contributed by atoms with E-state index < -0.39 is 0 Å². The zero-order chi connectivity index (χ0) is 13.1. The summed E-state index contributed by atoms with van der Waals surface area (Å²) in [5.74, 6) is 0. The third kappa shape index (κ3) is 6.62. The molecule has 0 N–H and O–H groups in total. The van der Waals surface area contributed by atoms with Gasteiger partial charge >= 0.3 is 0 Å². The quantitative estimate of drug-likeness (QED) is 0.726. The van der Waals surface area contributed by atoms with E-state index >= 15 is 0 Å². The highest BCUT2D eigenvalue weighted by molar-refractivity contribution is 5.37. The number of rotatable bonds is 4. The van der Waals surface area contributed by atoms with Crippen molar-refractivity contribution in [1.29, 1.82) is 0 Å². The van der Waals surface area contributed by atoms with Gasteiger partial charge in [-0.3, -0.25) is 9.59 Å². The van der Waals surface area contributed by atoms with Gasteiger partial charge in [0, 0.05) is 0 Å². The lowest BCUT2D eigenvalue weighted by Gasteiger charge is -2.18. The molecule has 0 atom stereocenters. The predicted octanol–water partition coefficient (Wildman–Crippen LogP) is 2.98. The van der Waals surface area contributed by atoms with Gasteiger partial charge in [0.1, 0.15) is 12.2 Å². The Morgan fingerprint density at radius 1 is 0.611 bits per heavy atom. The fraction of sp³-hybridized carbons (Fsp3) is 0.857. The molecular formula is C14H24O4. The van der Waals surface area contributed by atoms with E-state index in [0.717, 1.165) is 25.7 Å². The van der Waals surface area contributed by atoms with Crippen LogP contribution in [-0.4, -0.2) is 25.2 Å². The molecule has 0 radical (unpaired) electrons. The van der Waals surface area contributed by atoms with E-state index in [0.29, 0.717) is 12.9 Å². The summed E-state index contributed by atoms with van der Waals surface area (Å²) in [4.78, 5) is 19.7. The van der Waals surface area contributed by atoms with Gasteiger partial charge in [-0.2, -0.15) is 0 Å². The summed E-state index contributed by atoms with van der Waals surface area (Å²) in [6, 6.07) is 0. The topological polar surface area (TPSA) is 52.6 Å². The maximum atomic E-state index is 9.85. The molecule has 0 aromatic heterocycles. The Morgan fingerprint density at radius 3 is 1.22 bits per heavy atom. The van der Waals surface area contributed by atoms with Crippen molar-refractivity contribution in [2.75, 3.05) is 0 Å². The first-order chi connectivity index (χ1) is 8.86. The van der Waals surface area contributed by atoms with Crippen LogP contribution >= 0.6 is 0 Å². The second kappa shape index (κ2) is 9.92. The van der Waals surface area contributed by atoms with Gasteiger partial charge in [-0.05, 0) is 51.4 Å². The van der Waals surface area contributed by atoms with Gasteiger partial charge in [0.15, 0.2) is 0 Å². The highest BCUT2D eigenvalue weighted by atomic mass is 16.5. The van der Waals surface area contributed by atoms with Crippen LogP contribution in [0.25, 0.3) is 0 Å². The zero-order valence-electron chi connectivity index (χ0n) is 11.0. The summed E-state index contributed by atoms with van der Waals surface area (Å²) in [5.41, 5.74) is 0. The van der Waals surface area contributed by atoms with Crippen LogP contribution in [0.2, 0.25) is 0 Å². The van der Waals surface area contributed by atoms with Crippen molar-refractivity contribution in [3.8, 4) is 0 Å². The Labute approximate surface area is 109 Å². The highest BCUT2D eigenvalue weighted by Crippen LogP contribution is 2.19. The molecule has 2 rings (SSSR count). The van der Waals surface area contributed by atoms with Crippen molar-refractivity contribution >= 4 is 12.9 Å². The van der Waals surface area contributed by atoms with Gasteiger partial charge in [0.25, 0.3) is 12.9 Å². The van der Waals surface area contributed by atoms with E-state index in [4.69, 9.17) is 9.47 Å². The average molecular weight is 256 g/mol. The fourth-order valence-electron chi connectivity index (χ4n) is 2.56. The lowest BCUT2D eigenvalue weighted by Crippen LogP contribution is -2.15. The SMILES string of the molecule is O=COC1CCCCC1.O=COC1CCCCC1. The molecule has 4 heteroatoms. The third-order valence-electron chi connectivity index (χ3n) is 3.60. The van der Waals surface area contributed by atoms with Gasteiger partial charge in [-0.25, -0.2) is 0 Å². The summed E-state index contributed by atoms with van der Waals surface area (Å²) in [6.45, 7) is 1.13. The van der Waals surface area contributed by atoms with Crippen molar-refractivity contribution in [2.45, 2.75) is 76.4 Å². The summed E-state index contributed by atoms with van der Waals surface area (Å²) >= 11 is 0. The molecule has 0 bridgehead atoms. The lowest BCUT2D eigenvalue weighted by molar-refractivity contribution is -0.135. The Balaban J connectivity index is 0.000000180. The van der Waals surface area contributed by atoms with E-state index in [1.54, 1.807) is 0 Å². The molecule has 2 aliphatic carbocycles. The molecule has 0 unspecified atom stereocenters. The monoisotopic (exact) mass is 256 g/mol. The average Bonchev–Trinajstić information content (AvgIpc) is 2.43. The lowest BCUT2D eigenvalue weighted by atomic mass is 9.98. The normalized spacial score (nSPS) is 21.3. The van der Waals surface area contributed by atoms with Crippen LogP contribution in [0.3, 0.4) is 0 Å². The molecule has 18 heavy (non-hydrogen) atoms. The zero-order valence-corrected chi connectivity index (χ0v) is 11.0. The fourth-order valence-corrected chi connectivity index (χ4v) is 2.56. The van der Waals surface area contributed by atoms with Crippen LogP contribution < -0.4 is 0 Å². The van der Waals surface area contributed by atoms with Crippen LogP contribution in [0.15, 0.2) is 0 Å². The van der Waals surface area contributed by atoms with Gasteiger partial charge in [0.2, 0.25) is 0 Å². The van der Waals surface area contributed by atoms with Crippen LogP contribution in [0.5, 0.6) is 0 Å². The molecule has 2 aliphatic rings. The van der Waals surface area contributed by atoms with Crippen molar-refractivity contribution in [1.82, 2.24) is 0 Å². The summed E-state index contributed by atoms with van der Waals surface area (Å²) in [6.07, 6.45) is 12.2.